The number of thioether (sulfide) groups is 1. The second kappa shape index (κ2) is 7.59. The number of hydrogen-bond donors (Lipinski definition) is 1. The number of amides is 1. The summed E-state index contributed by atoms with van der Waals surface area (Å²) in [4.78, 5) is 16.4. The number of thiazole rings is 1. The van der Waals surface area contributed by atoms with Crippen molar-refractivity contribution in [1.29, 1.82) is 0 Å². The van der Waals surface area contributed by atoms with Gasteiger partial charge in [0.1, 0.15) is 0 Å². The molecule has 0 spiro atoms. The number of nitrogens with one attached hydrogen (secondary N) is 1. The summed E-state index contributed by atoms with van der Waals surface area (Å²) in [5.41, 5.74) is 6.88. The lowest BCUT2D eigenvalue weighted by molar-refractivity contribution is -0.118. The van der Waals surface area contributed by atoms with E-state index in [9.17, 15) is 4.79 Å². The fourth-order valence-electron chi connectivity index (χ4n) is 2.22. The first-order valence-corrected chi connectivity index (χ1v) is 9.29. The number of aryl methyl sites for hydroxylation is 2. The Kier molecular flexibility index (Phi) is 5.27. The lowest BCUT2D eigenvalue weighted by atomic mass is 10.1. The lowest BCUT2D eigenvalue weighted by Crippen LogP contribution is -2.19. The molecule has 0 unspecified atom stereocenters. The second-order valence-corrected chi connectivity index (χ2v) is 7.64. The van der Waals surface area contributed by atoms with E-state index in [1.165, 1.54) is 17.3 Å². The number of aromatic nitrogens is 1. The molecule has 3 aromatic rings. The van der Waals surface area contributed by atoms with Crippen LogP contribution in [-0.2, 0) is 4.79 Å². The van der Waals surface area contributed by atoms with Crippen molar-refractivity contribution in [2.24, 2.45) is 5.10 Å². The summed E-state index contributed by atoms with van der Waals surface area (Å²) >= 11 is 3.02. The molecule has 24 heavy (non-hydrogen) atoms. The highest BCUT2D eigenvalue weighted by molar-refractivity contribution is 8.01. The number of para-hydroxylation sites is 1. The lowest BCUT2D eigenvalue weighted by Gasteiger charge is -2.01. The van der Waals surface area contributed by atoms with Crippen molar-refractivity contribution in [3.05, 3.63) is 59.2 Å². The third-order valence-corrected chi connectivity index (χ3v) is 5.60. The first kappa shape index (κ1) is 16.7. The zero-order chi connectivity index (χ0) is 16.9. The van der Waals surface area contributed by atoms with Crippen LogP contribution in [0.5, 0.6) is 0 Å². The molecule has 1 heterocycles. The normalized spacial score (nSPS) is 11.2. The number of carbonyl (C=O) groups is 1. The Morgan fingerprint density at radius 1 is 1.29 bits per heavy atom. The van der Waals surface area contributed by atoms with Gasteiger partial charge in [-0.25, -0.2) is 10.4 Å². The third kappa shape index (κ3) is 4.21. The van der Waals surface area contributed by atoms with Crippen molar-refractivity contribution in [3.63, 3.8) is 0 Å². The number of hydrogen-bond acceptors (Lipinski definition) is 5. The van der Waals surface area contributed by atoms with Crippen molar-refractivity contribution in [1.82, 2.24) is 10.4 Å². The summed E-state index contributed by atoms with van der Waals surface area (Å²) in [6, 6.07) is 14.1. The van der Waals surface area contributed by atoms with Crippen LogP contribution in [0.2, 0.25) is 0 Å². The number of fused-ring (bicyclic) bond motifs is 1. The van der Waals surface area contributed by atoms with Gasteiger partial charge in [0.15, 0.2) is 4.34 Å². The Hall–Kier alpha value is -2.18. The van der Waals surface area contributed by atoms with Crippen LogP contribution in [0.25, 0.3) is 10.2 Å². The molecular weight excluding hydrogens is 338 g/mol. The van der Waals surface area contributed by atoms with Gasteiger partial charge in [0.25, 0.3) is 5.91 Å². The summed E-state index contributed by atoms with van der Waals surface area (Å²) in [7, 11) is 0. The Bertz CT molecular complexity index is 869. The van der Waals surface area contributed by atoms with Crippen LogP contribution in [0.4, 0.5) is 0 Å². The van der Waals surface area contributed by atoms with Crippen LogP contribution in [0.15, 0.2) is 51.9 Å². The Morgan fingerprint density at radius 3 is 2.92 bits per heavy atom. The first-order valence-electron chi connectivity index (χ1n) is 7.49. The predicted octanol–water partition coefficient (Wildman–Crippen LogP) is 4.16. The molecule has 1 N–H and O–H groups in total. The molecule has 6 heteroatoms. The van der Waals surface area contributed by atoms with Crippen molar-refractivity contribution < 1.29 is 4.79 Å². The molecule has 0 aliphatic rings. The Balaban J connectivity index is 1.53. The van der Waals surface area contributed by atoms with Crippen molar-refractivity contribution in [2.75, 3.05) is 5.75 Å². The van der Waals surface area contributed by atoms with Crippen LogP contribution in [0.3, 0.4) is 0 Å². The van der Waals surface area contributed by atoms with Crippen LogP contribution < -0.4 is 5.43 Å². The molecule has 0 bridgehead atoms. The molecule has 0 radical (unpaired) electrons. The van der Waals surface area contributed by atoms with Crippen molar-refractivity contribution in [3.8, 4) is 0 Å². The van der Waals surface area contributed by atoms with E-state index in [1.807, 2.05) is 43.3 Å². The summed E-state index contributed by atoms with van der Waals surface area (Å²) in [5.74, 6) is 0.157. The van der Waals surface area contributed by atoms with E-state index < -0.39 is 0 Å². The highest BCUT2D eigenvalue weighted by Gasteiger charge is 2.07. The molecule has 1 aromatic heterocycles. The van der Waals surface area contributed by atoms with Gasteiger partial charge in [0.2, 0.25) is 0 Å². The number of nitrogens with zero attached hydrogens (tertiary/aromatic N) is 2. The molecule has 4 nitrogen and oxygen atoms in total. The maximum atomic E-state index is 11.9. The molecule has 0 saturated heterocycles. The van der Waals surface area contributed by atoms with Crippen LogP contribution >= 0.6 is 23.1 Å². The van der Waals surface area contributed by atoms with E-state index >= 15 is 0 Å². The smallest absolute Gasteiger partial charge is 0.250 e. The number of rotatable bonds is 5. The monoisotopic (exact) mass is 355 g/mol. The van der Waals surface area contributed by atoms with E-state index in [-0.39, 0.29) is 5.91 Å². The van der Waals surface area contributed by atoms with E-state index in [0.717, 1.165) is 25.7 Å². The Labute approximate surface area is 149 Å². The summed E-state index contributed by atoms with van der Waals surface area (Å²) in [5, 5.41) is 4.03. The molecular formula is C18H17N3OS2. The SMILES string of the molecule is Cc1ccc(/C=N\NC(=O)CSc2nc3ccccc3s2)c(C)c1. The van der Waals surface area contributed by atoms with Crippen molar-refractivity contribution in [2.45, 2.75) is 18.2 Å². The summed E-state index contributed by atoms with van der Waals surface area (Å²) in [6.45, 7) is 4.08. The third-order valence-electron chi connectivity index (χ3n) is 3.42. The largest absolute Gasteiger partial charge is 0.272 e. The molecule has 122 valence electrons. The topological polar surface area (TPSA) is 54.4 Å². The number of benzene rings is 2. The summed E-state index contributed by atoms with van der Waals surface area (Å²) in [6.07, 6.45) is 1.68. The van der Waals surface area contributed by atoms with Gasteiger partial charge in [0.05, 0.1) is 22.2 Å². The zero-order valence-electron chi connectivity index (χ0n) is 13.4. The van der Waals surface area contributed by atoms with Gasteiger partial charge >= 0.3 is 0 Å². The molecule has 1 amide bonds. The fourth-order valence-corrected chi connectivity index (χ4v) is 4.08. The van der Waals surface area contributed by atoms with Crippen molar-refractivity contribution >= 4 is 45.4 Å². The maximum Gasteiger partial charge on any atom is 0.250 e. The molecule has 0 atom stereocenters. The van der Waals surface area contributed by atoms with E-state index in [2.05, 4.69) is 28.5 Å². The zero-order valence-corrected chi connectivity index (χ0v) is 15.1. The molecule has 0 fully saturated rings. The number of hydrazone groups is 1. The van der Waals surface area contributed by atoms with Gasteiger partial charge in [-0.15, -0.1) is 11.3 Å². The molecule has 0 aliphatic heterocycles. The number of carbonyl (C=O) groups excluding carboxylic acids is 1. The molecule has 0 aliphatic carbocycles. The average molecular weight is 355 g/mol. The fraction of sp³-hybridized carbons (Fsp3) is 0.167. The van der Waals surface area contributed by atoms with Gasteiger partial charge in [0, 0.05) is 0 Å². The quantitative estimate of drug-likeness (QED) is 0.425. The van der Waals surface area contributed by atoms with E-state index in [1.54, 1.807) is 17.6 Å². The summed E-state index contributed by atoms with van der Waals surface area (Å²) < 4.78 is 2.03. The molecule has 2 aromatic carbocycles. The second-order valence-electron chi connectivity index (χ2n) is 5.39. The molecule has 3 rings (SSSR count). The first-order chi connectivity index (χ1) is 11.6. The van der Waals surface area contributed by atoms with Gasteiger partial charge in [-0.2, -0.15) is 5.10 Å². The van der Waals surface area contributed by atoms with Gasteiger partial charge in [-0.1, -0.05) is 47.7 Å². The van der Waals surface area contributed by atoms with Crippen LogP contribution in [0, 0.1) is 13.8 Å². The minimum atomic E-state index is -0.139. The van der Waals surface area contributed by atoms with E-state index in [4.69, 9.17) is 0 Å². The average Bonchev–Trinajstić information content (AvgIpc) is 2.98. The van der Waals surface area contributed by atoms with Crippen LogP contribution in [0.1, 0.15) is 16.7 Å². The van der Waals surface area contributed by atoms with Crippen LogP contribution in [-0.4, -0.2) is 22.9 Å². The van der Waals surface area contributed by atoms with Gasteiger partial charge in [-0.3, -0.25) is 4.79 Å². The van der Waals surface area contributed by atoms with E-state index in [0.29, 0.717) is 5.75 Å². The minimum Gasteiger partial charge on any atom is -0.272 e. The maximum absolute atomic E-state index is 11.9. The Morgan fingerprint density at radius 2 is 2.12 bits per heavy atom. The highest BCUT2D eigenvalue weighted by atomic mass is 32.2. The highest BCUT2D eigenvalue weighted by Crippen LogP contribution is 2.28. The molecule has 0 saturated carbocycles. The standard InChI is InChI=1S/C18H17N3OS2/c1-12-7-8-14(13(2)9-12)10-19-21-17(22)11-23-18-20-15-5-3-4-6-16(15)24-18/h3-10H,11H2,1-2H3,(H,21,22)/b19-10-. The minimum absolute atomic E-state index is 0.139. The van der Waals surface area contributed by atoms with Gasteiger partial charge in [-0.05, 0) is 37.1 Å². The van der Waals surface area contributed by atoms with Gasteiger partial charge < -0.3 is 0 Å². The predicted molar refractivity (Wildman–Crippen MR) is 102 cm³/mol.